The molecule has 88 valence electrons. The summed E-state index contributed by atoms with van der Waals surface area (Å²) in [4.78, 5) is 2.60. The Morgan fingerprint density at radius 2 is 1.80 bits per heavy atom. The normalized spacial score (nSPS) is 35.4. The summed E-state index contributed by atoms with van der Waals surface area (Å²) in [5.41, 5.74) is 0. The molecule has 2 rings (SSSR count). The molecular formula is C13H26N2. The van der Waals surface area contributed by atoms with Crippen LogP contribution in [0.5, 0.6) is 0 Å². The molecule has 2 atom stereocenters. The van der Waals surface area contributed by atoms with Crippen molar-refractivity contribution in [3.8, 4) is 0 Å². The van der Waals surface area contributed by atoms with Gasteiger partial charge < -0.3 is 10.2 Å². The van der Waals surface area contributed by atoms with Crippen LogP contribution < -0.4 is 5.32 Å². The van der Waals surface area contributed by atoms with Crippen molar-refractivity contribution in [3.63, 3.8) is 0 Å². The highest BCUT2D eigenvalue weighted by molar-refractivity contribution is 4.95. The van der Waals surface area contributed by atoms with Crippen molar-refractivity contribution in [2.75, 3.05) is 13.6 Å². The third-order valence-electron chi connectivity index (χ3n) is 4.13. The fourth-order valence-corrected chi connectivity index (χ4v) is 3.03. The van der Waals surface area contributed by atoms with E-state index in [-0.39, 0.29) is 0 Å². The third-order valence-corrected chi connectivity index (χ3v) is 4.13. The lowest BCUT2D eigenvalue weighted by Gasteiger charge is -2.35. The number of piperidine rings is 1. The molecule has 2 fully saturated rings. The monoisotopic (exact) mass is 210 g/mol. The van der Waals surface area contributed by atoms with Gasteiger partial charge in [-0.25, -0.2) is 0 Å². The number of hydrogen-bond acceptors (Lipinski definition) is 2. The van der Waals surface area contributed by atoms with Gasteiger partial charge in [-0.1, -0.05) is 13.8 Å². The van der Waals surface area contributed by atoms with Gasteiger partial charge in [-0.3, -0.25) is 0 Å². The maximum atomic E-state index is 3.71. The predicted molar refractivity (Wildman–Crippen MR) is 65.1 cm³/mol. The molecule has 2 saturated heterocycles. The molecule has 0 saturated carbocycles. The minimum atomic E-state index is 0.829. The van der Waals surface area contributed by atoms with Gasteiger partial charge in [0, 0.05) is 18.1 Å². The number of hydrogen-bond donors (Lipinski definition) is 1. The fourth-order valence-electron chi connectivity index (χ4n) is 3.03. The molecule has 2 aliphatic rings. The van der Waals surface area contributed by atoms with Gasteiger partial charge >= 0.3 is 0 Å². The van der Waals surface area contributed by atoms with E-state index >= 15 is 0 Å². The van der Waals surface area contributed by atoms with Crippen LogP contribution in [0.1, 0.15) is 46.0 Å². The van der Waals surface area contributed by atoms with Gasteiger partial charge in [0.15, 0.2) is 0 Å². The molecule has 0 radical (unpaired) electrons. The Labute approximate surface area is 94.4 Å². The lowest BCUT2D eigenvalue weighted by Crippen LogP contribution is -2.47. The van der Waals surface area contributed by atoms with E-state index in [2.05, 4.69) is 31.1 Å². The number of rotatable bonds is 4. The zero-order valence-corrected chi connectivity index (χ0v) is 10.5. The average Bonchev–Trinajstić information content (AvgIpc) is 2.54. The van der Waals surface area contributed by atoms with Gasteiger partial charge in [0.1, 0.15) is 0 Å². The van der Waals surface area contributed by atoms with Crippen LogP contribution in [-0.4, -0.2) is 36.6 Å². The molecule has 2 aliphatic heterocycles. The first-order valence-corrected chi connectivity index (χ1v) is 6.61. The molecule has 0 spiro atoms. The van der Waals surface area contributed by atoms with Crippen molar-refractivity contribution in [1.82, 2.24) is 10.2 Å². The van der Waals surface area contributed by atoms with Crippen molar-refractivity contribution < 1.29 is 0 Å². The molecule has 0 amide bonds. The first kappa shape index (κ1) is 11.4. The molecule has 15 heavy (non-hydrogen) atoms. The van der Waals surface area contributed by atoms with E-state index in [4.69, 9.17) is 0 Å². The summed E-state index contributed by atoms with van der Waals surface area (Å²) in [5.74, 6) is 0.839. The van der Waals surface area contributed by atoms with Crippen LogP contribution in [0.15, 0.2) is 0 Å². The Bertz CT molecular complexity index is 191. The maximum Gasteiger partial charge on any atom is 0.0122 e. The van der Waals surface area contributed by atoms with Gasteiger partial charge in [0.25, 0.3) is 0 Å². The van der Waals surface area contributed by atoms with E-state index in [0.29, 0.717) is 0 Å². The standard InChI is InChI=1S/C13H26N2/c1-10(2)6-7-15(3)13-8-11-4-5-12(9-13)14-11/h10-14H,4-9H2,1-3H3. The van der Waals surface area contributed by atoms with Crippen molar-refractivity contribution in [2.45, 2.75) is 64.1 Å². The summed E-state index contributed by atoms with van der Waals surface area (Å²) in [5, 5.41) is 3.71. The minimum Gasteiger partial charge on any atom is -0.311 e. The van der Waals surface area contributed by atoms with Gasteiger partial charge in [-0.05, 0) is 51.6 Å². The average molecular weight is 210 g/mol. The van der Waals surface area contributed by atoms with E-state index in [1.54, 1.807) is 0 Å². The van der Waals surface area contributed by atoms with Crippen LogP contribution in [0.3, 0.4) is 0 Å². The molecule has 2 heteroatoms. The van der Waals surface area contributed by atoms with Gasteiger partial charge in [0.05, 0.1) is 0 Å². The van der Waals surface area contributed by atoms with E-state index in [9.17, 15) is 0 Å². The Kier molecular flexibility index (Phi) is 3.68. The summed E-state index contributed by atoms with van der Waals surface area (Å²) >= 11 is 0. The van der Waals surface area contributed by atoms with Crippen LogP contribution in [0.4, 0.5) is 0 Å². The van der Waals surface area contributed by atoms with Crippen LogP contribution in [0.2, 0.25) is 0 Å². The van der Waals surface area contributed by atoms with Gasteiger partial charge in [0.2, 0.25) is 0 Å². The Balaban J connectivity index is 1.78. The van der Waals surface area contributed by atoms with Crippen molar-refractivity contribution >= 4 is 0 Å². The summed E-state index contributed by atoms with van der Waals surface area (Å²) in [6.45, 7) is 5.92. The number of fused-ring (bicyclic) bond motifs is 2. The van der Waals surface area contributed by atoms with E-state index in [1.165, 1.54) is 38.6 Å². The van der Waals surface area contributed by atoms with Crippen LogP contribution in [0.25, 0.3) is 0 Å². The topological polar surface area (TPSA) is 15.3 Å². The zero-order valence-electron chi connectivity index (χ0n) is 10.5. The lowest BCUT2D eigenvalue weighted by atomic mass is 9.98. The maximum absolute atomic E-state index is 3.71. The second-order valence-corrected chi connectivity index (χ2v) is 5.93. The lowest BCUT2D eigenvalue weighted by molar-refractivity contribution is 0.166. The van der Waals surface area contributed by atoms with Crippen molar-refractivity contribution in [2.24, 2.45) is 5.92 Å². The van der Waals surface area contributed by atoms with E-state index < -0.39 is 0 Å². The first-order valence-electron chi connectivity index (χ1n) is 6.61. The zero-order chi connectivity index (χ0) is 10.8. The van der Waals surface area contributed by atoms with Crippen molar-refractivity contribution in [1.29, 1.82) is 0 Å². The second kappa shape index (κ2) is 4.84. The smallest absolute Gasteiger partial charge is 0.0122 e. The third kappa shape index (κ3) is 2.94. The second-order valence-electron chi connectivity index (χ2n) is 5.93. The molecule has 1 N–H and O–H groups in total. The quantitative estimate of drug-likeness (QED) is 0.765. The fraction of sp³-hybridized carbons (Fsp3) is 1.00. The van der Waals surface area contributed by atoms with Crippen LogP contribution in [-0.2, 0) is 0 Å². The highest BCUT2D eigenvalue weighted by Gasteiger charge is 2.34. The SMILES string of the molecule is CC(C)CCN(C)C1CC2CCC(C1)N2. The molecular weight excluding hydrogens is 184 g/mol. The van der Waals surface area contributed by atoms with Crippen LogP contribution >= 0.6 is 0 Å². The molecule has 0 aromatic rings. The molecule has 2 nitrogen and oxygen atoms in total. The Morgan fingerprint density at radius 3 is 2.33 bits per heavy atom. The molecule has 2 unspecified atom stereocenters. The Hall–Kier alpha value is -0.0800. The van der Waals surface area contributed by atoms with Gasteiger partial charge in [-0.2, -0.15) is 0 Å². The molecule has 2 heterocycles. The highest BCUT2D eigenvalue weighted by atomic mass is 15.2. The molecule has 0 aromatic heterocycles. The number of nitrogens with zero attached hydrogens (tertiary/aromatic N) is 1. The largest absolute Gasteiger partial charge is 0.311 e. The summed E-state index contributed by atoms with van der Waals surface area (Å²) in [7, 11) is 2.32. The predicted octanol–water partition coefficient (Wildman–Crippen LogP) is 2.25. The molecule has 0 aromatic carbocycles. The molecule has 0 aliphatic carbocycles. The van der Waals surface area contributed by atoms with Crippen molar-refractivity contribution in [3.05, 3.63) is 0 Å². The number of nitrogens with one attached hydrogen (secondary N) is 1. The first-order chi connectivity index (χ1) is 7.15. The van der Waals surface area contributed by atoms with E-state index in [1.807, 2.05) is 0 Å². The summed E-state index contributed by atoms with van der Waals surface area (Å²) in [6.07, 6.45) is 6.93. The minimum absolute atomic E-state index is 0.829. The Morgan fingerprint density at radius 1 is 1.20 bits per heavy atom. The van der Waals surface area contributed by atoms with Crippen LogP contribution in [0, 0.1) is 5.92 Å². The highest BCUT2D eigenvalue weighted by Crippen LogP contribution is 2.29. The molecule has 2 bridgehead atoms. The summed E-state index contributed by atoms with van der Waals surface area (Å²) < 4.78 is 0. The summed E-state index contributed by atoms with van der Waals surface area (Å²) in [6, 6.07) is 2.51. The van der Waals surface area contributed by atoms with E-state index in [0.717, 1.165) is 24.0 Å². The van der Waals surface area contributed by atoms with Gasteiger partial charge in [-0.15, -0.1) is 0 Å².